The Hall–Kier alpha value is -2.45. The smallest absolute Gasteiger partial charge is 0.259 e. The molecule has 0 unspecified atom stereocenters. The molecule has 2 aromatic carbocycles. The number of hydrogen-bond donors (Lipinski definition) is 1. The van der Waals surface area contributed by atoms with Crippen molar-refractivity contribution in [1.82, 2.24) is 0 Å². The van der Waals surface area contributed by atoms with Crippen LogP contribution >= 0.6 is 11.6 Å². The Balaban J connectivity index is 2.45. The van der Waals surface area contributed by atoms with Crippen molar-refractivity contribution in [2.75, 3.05) is 32.9 Å². The zero-order valence-corrected chi connectivity index (χ0v) is 16.2. The van der Waals surface area contributed by atoms with Gasteiger partial charge >= 0.3 is 0 Å². The molecule has 2 aromatic rings. The van der Waals surface area contributed by atoms with E-state index < -0.39 is 15.7 Å². The van der Waals surface area contributed by atoms with E-state index in [0.29, 0.717) is 11.5 Å². The fourth-order valence-corrected chi connectivity index (χ4v) is 3.04. The molecule has 1 amide bonds. The normalized spacial score (nSPS) is 11.0. The van der Waals surface area contributed by atoms with E-state index in [1.807, 2.05) is 0 Å². The number of methoxy groups -OCH3 is 3. The van der Waals surface area contributed by atoms with Crippen molar-refractivity contribution in [3.8, 4) is 17.2 Å². The number of carbonyl (C=O) groups excluding carboxylic acids is 1. The number of halogens is 1. The molecule has 0 saturated carbocycles. The van der Waals surface area contributed by atoms with Crippen LogP contribution in [-0.4, -0.2) is 41.9 Å². The van der Waals surface area contributed by atoms with Crippen molar-refractivity contribution in [3.05, 3.63) is 40.9 Å². The minimum atomic E-state index is -3.45. The second-order valence-corrected chi connectivity index (χ2v) is 7.70. The monoisotopic (exact) mass is 399 g/mol. The number of hydrogen-bond acceptors (Lipinski definition) is 6. The van der Waals surface area contributed by atoms with E-state index in [4.69, 9.17) is 25.8 Å². The Morgan fingerprint density at radius 1 is 0.962 bits per heavy atom. The van der Waals surface area contributed by atoms with Crippen molar-refractivity contribution >= 4 is 33.0 Å². The van der Waals surface area contributed by atoms with E-state index >= 15 is 0 Å². The molecule has 26 heavy (non-hydrogen) atoms. The highest BCUT2D eigenvalue weighted by Gasteiger charge is 2.19. The van der Waals surface area contributed by atoms with E-state index in [1.54, 1.807) is 0 Å². The van der Waals surface area contributed by atoms with Gasteiger partial charge in [0.25, 0.3) is 5.91 Å². The van der Waals surface area contributed by atoms with E-state index in [2.05, 4.69) is 5.32 Å². The lowest BCUT2D eigenvalue weighted by Gasteiger charge is -2.14. The van der Waals surface area contributed by atoms with Gasteiger partial charge in [-0.05, 0) is 18.2 Å². The standard InChI is InChI=1S/C17H18ClNO6S/c1-23-14-9-16(25-3)15(24-2)8-11(14)17(20)19-13-7-10(26(4,21)22)5-6-12(13)18/h5-9H,1-4H3,(H,19,20). The van der Waals surface area contributed by atoms with Gasteiger partial charge in [-0.15, -0.1) is 0 Å². The Labute approximate surface area is 156 Å². The van der Waals surface area contributed by atoms with Gasteiger partial charge < -0.3 is 19.5 Å². The maximum absolute atomic E-state index is 12.7. The first-order valence-electron chi connectivity index (χ1n) is 7.32. The van der Waals surface area contributed by atoms with E-state index in [9.17, 15) is 13.2 Å². The van der Waals surface area contributed by atoms with Crippen LogP contribution in [0.3, 0.4) is 0 Å². The largest absolute Gasteiger partial charge is 0.496 e. The number of ether oxygens (including phenoxy) is 3. The molecule has 0 aliphatic carbocycles. The molecule has 0 atom stereocenters. The number of amides is 1. The third-order valence-electron chi connectivity index (χ3n) is 3.56. The molecule has 0 spiro atoms. The quantitative estimate of drug-likeness (QED) is 0.802. The summed E-state index contributed by atoms with van der Waals surface area (Å²) in [6, 6.07) is 7.04. The van der Waals surface area contributed by atoms with Gasteiger partial charge in [0.15, 0.2) is 21.3 Å². The summed E-state index contributed by atoms with van der Waals surface area (Å²) in [5.41, 5.74) is 0.336. The first-order chi connectivity index (χ1) is 12.2. The van der Waals surface area contributed by atoms with Gasteiger partial charge in [-0.3, -0.25) is 4.79 Å². The predicted molar refractivity (Wildman–Crippen MR) is 98.6 cm³/mol. The molecule has 2 rings (SSSR count). The summed E-state index contributed by atoms with van der Waals surface area (Å²) in [5.74, 6) is 0.457. The first kappa shape index (κ1) is 19.9. The summed E-state index contributed by atoms with van der Waals surface area (Å²) in [4.78, 5) is 12.7. The van der Waals surface area contributed by atoms with Gasteiger partial charge in [0.2, 0.25) is 0 Å². The Bertz CT molecular complexity index is 943. The first-order valence-corrected chi connectivity index (χ1v) is 9.59. The topological polar surface area (TPSA) is 90.9 Å². The molecule has 0 aliphatic heterocycles. The SMILES string of the molecule is COc1cc(OC)c(C(=O)Nc2cc(S(C)(=O)=O)ccc2Cl)cc1OC. The molecule has 9 heteroatoms. The molecule has 0 saturated heterocycles. The van der Waals surface area contributed by atoms with E-state index in [-0.39, 0.29) is 26.9 Å². The fourth-order valence-electron chi connectivity index (χ4n) is 2.23. The minimum Gasteiger partial charge on any atom is -0.496 e. The zero-order valence-electron chi connectivity index (χ0n) is 14.6. The van der Waals surface area contributed by atoms with E-state index in [1.165, 1.54) is 51.7 Å². The third kappa shape index (κ3) is 4.20. The van der Waals surface area contributed by atoms with Crippen molar-refractivity contribution < 1.29 is 27.4 Å². The summed E-state index contributed by atoms with van der Waals surface area (Å²) in [6.07, 6.45) is 1.07. The average molecular weight is 400 g/mol. The van der Waals surface area contributed by atoms with E-state index in [0.717, 1.165) is 6.26 Å². The zero-order chi connectivity index (χ0) is 19.5. The van der Waals surface area contributed by atoms with Crippen molar-refractivity contribution in [3.63, 3.8) is 0 Å². The van der Waals surface area contributed by atoms with Gasteiger partial charge in [0, 0.05) is 18.4 Å². The van der Waals surface area contributed by atoms with Crippen molar-refractivity contribution in [2.24, 2.45) is 0 Å². The Morgan fingerprint density at radius 2 is 1.54 bits per heavy atom. The lowest BCUT2D eigenvalue weighted by molar-refractivity contribution is 0.102. The summed E-state index contributed by atoms with van der Waals surface area (Å²) in [7, 11) is 0.875. The number of carbonyl (C=O) groups is 1. The highest BCUT2D eigenvalue weighted by Crippen LogP contribution is 2.35. The summed E-state index contributed by atoms with van der Waals surface area (Å²) in [6.45, 7) is 0. The molecule has 1 N–H and O–H groups in total. The Morgan fingerprint density at radius 3 is 2.08 bits per heavy atom. The number of sulfone groups is 1. The van der Waals surface area contributed by atoms with Crippen molar-refractivity contribution in [2.45, 2.75) is 4.90 Å². The molecule has 140 valence electrons. The number of anilines is 1. The maximum atomic E-state index is 12.7. The van der Waals surface area contributed by atoms with Gasteiger partial charge in [-0.1, -0.05) is 11.6 Å². The molecular weight excluding hydrogens is 382 g/mol. The summed E-state index contributed by atoms with van der Waals surface area (Å²) >= 11 is 6.07. The van der Waals surface area contributed by atoms with Crippen LogP contribution in [0.25, 0.3) is 0 Å². The van der Waals surface area contributed by atoms with Crippen LogP contribution in [-0.2, 0) is 9.84 Å². The minimum absolute atomic E-state index is 0.0384. The number of rotatable bonds is 6. The number of nitrogens with one attached hydrogen (secondary N) is 1. The highest BCUT2D eigenvalue weighted by atomic mass is 35.5. The van der Waals surface area contributed by atoms with Crippen LogP contribution < -0.4 is 19.5 Å². The molecular formula is C17H18ClNO6S. The second-order valence-electron chi connectivity index (χ2n) is 5.28. The molecule has 0 aliphatic rings. The molecule has 0 heterocycles. The molecule has 0 radical (unpaired) electrons. The lowest BCUT2D eigenvalue weighted by Crippen LogP contribution is -2.14. The number of benzene rings is 2. The van der Waals surface area contributed by atoms with Gasteiger partial charge in [0.1, 0.15) is 5.75 Å². The second kappa shape index (κ2) is 7.84. The molecule has 0 bridgehead atoms. The molecule has 7 nitrogen and oxygen atoms in total. The lowest BCUT2D eigenvalue weighted by atomic mass is 10.1. The van der Waals surface area contributed by atoms with Gasteiger partial charge in [-0.25, -0.2) is 8.42 Å². The summed E-state index contributed by atoms with van der Waals surface area (Å²) in [5, 5.41) is 2.79. The van der Waals surface area contributed by atoms with Crippen LogP contribution in [0.2, 0.25) is 5.02 Å². The van der Waals surface area contributed by atoms with Crippen LogP contribution in [0.4, 0.5) is 5.69 Å². The van der Waals surface area contributed by atoms with Crippen LogP contribution in [0.5, 0.6) is 17.2 Å². The maximum Gasteiger partial charge on any atom is 0.259 e. The fraction of sp³-hybridized carbons (Fsp3) is 0.235. The van der Waals surface area contributed by atoms with Crippen LogP contribution in [0.15, 0.2) is 35.2 Å². The summed E-state index contributed by atoms with van der Waals surface area (Å²) < 4.78 is 39.0. The molecule has 0 fully saturated rings. The average Bonchev–Trinajstić information content (AvgIpc) is 2.61. The third-order valence-corrected chi connectivity index (χ3v) is 5.00. The van der Waals surface area contributed by atoms with Crippen molar-refractivity contribution in [1.29, 1.82) is 0 Å². The van der Waals surface area contributed by atoms with Gasteiger partial charge in [0.05, 0.1) is 42.5 Å². The highest BCUT2D eigenvalue weighted by molar-refractivity contribution is 7.90. The predicted octanol–water partition coefficient (Wildman–Crippen LogP) is 3.02. The van der Waals surface area contributed by atoms with Crippen LogP contribution in [0.1, 0.15) is 10.4 Å². The Kier molecular flexibility index (Phi) is 5.99. The van der Waals surface area contributed by atoms with Gasteiger partial charge in [-0.2, -0.15) is 0 Å². The molecule has 0 aromatic heterocycles. The van der Waals surface area contributed by atoms with Crippen LogP contribution in [0, 0.1) is 0 Å².